The summed E-state index contributed by atoms with van der Waals surface area (Å²) in [6, 6.07) is -0.451. The third-order valence-corrected chi connectivity index (χ3v) is 12.7. The Labute approximate surface area is 251 Å². The fraction of sp³-hybridized carbons (Fsp3) is 0.750. The van der Waals surface area contributed by atoms with Gasteiger partial charge >= 0.3 is 21.2 Å². The number of carbonyl (C=O) groups is 1. The van der Waals surface area contributed by atoms with Crippen LogP contribution in [0.1, 0.15) is 58.6 Å². The molecule has 43 heavy (non-hydrogen) atoms. The molecule has 5 fully saturated rings. The van der Waals surface area contributed by atoms with Gasteiger partial charge in [-0.25, -0.2) is 9.78 Å². The van der Waals surface area contributed by atoms with Crippen LogP contribution >= 0.6 is 26.8 Å². The van der Waals surface area contributed by atoms with Gasteiger partial charge < -0.3 is 39.5 Å². The van der Waals surface area contributed by atoms with Gasteiger partial charge in [-0.15, -0.1) is 0 Å². The maximum Gasteiger partial charge on any atom is 0.340 e. The Kier molecular flexibility index (Phi) is 7.57. The molecule has 2 amide bonds. The van der Waals surface area contributed by atoms with Crippen LogP contribution in [0.25, 0.3) is 11.2 Å². The summed E-state index contributed by atoms with van der Waals surface area (Å²) in [6.45, 7) is 3.86. The van der Waals surface area contributed by atoms with Crippen molar-refractivity contribution < 1.29 is 48.1 Å². The predicted molar refractivity (Wildman–Crippen MR) is 151 cm³/mol. The minimum absolute atomic E-state index is 0.0278. The number of halogens is 1. The minimum Gasteiger partial charge on any atom is -0.387 e. The fourth-order valence-corrected chi connectivity index (χ4v) is 11.4. The molecule has 16 nitrogen and oxygen atoms in total. The highest BCUT2D eigenvalue weighted by Gasteiger charge is 2.60. The van der Waals surface area contributed by atoms with E-state index in [0.29, 0.717) is 5.92 Å². The molecule has 7 N–H and O–H groups in total. The molecule has 238 valence electrons. The van der Waals surface area contributed by atoms with Crippen molar-refractivity contribution in [3.63, 3.8) is 0 Å². The topological polar surface area (TPSA) is 238 Å². The van der Waals surface area contributed by atoms with Crippen LogP contribution in [-0.4, -0.2) is 86.8 Å². The smallest absolute Gasteiger partial charge is 0.340 e. The van der Waals surface area contributed by atoms with E-state index in [1.54, 1.807) is 0 Å². The molecule has 4 unspecified atom stereocenters. The van der Waals surface area contributed by atoms with Crippen molar-refractivity contribution in [1.29, 1.82) is 0 Å². The number of imidazole rings is 1. The number of fused-ring (bicyclic) bond motifs is 1. The first kappa shape index (κ1) is 31.3. The monoisotopic (exact) mass is 664 g/mol. The van der Waals surface area contributed by atoms with Crippen LogP contribution in [0.15, 0.2) is 6.33 Å². The number of nitrogens with one attached hydrogen (secondary N) is 2. The molecule has 9 atom stereocenters. The lowest BCUT2D eigenvalue weighted by atomic mass is 9.43. The lowest BCUT2D eigenvalue weighted by Crippen LogP contribution is -2.65. The molecule has 0 aromatic carbocycles. The van der Waals surface area contributed by atoms with Gasteiger partial charge in [0.15, 0.2) is 29.1 Å². The highest BCUT2D eigenvalue weighted by molar-refractivity contribution is 7.70. The van der Waals surface area contributed by atoms with Crippen molar-refractivity contribution in [2.75, 3.05) is 17.8 Å². The maximum absolute atomic E-state index is 13.3. The molecule has 1 saturated heterocycles. The largest absolute Gasteiger partial charge is 0.387 e. The van der Waals surface area contributed by atoms with E-state index in [9.17, 15) is 29.0 Å². The van der Waals surface area contributed by atoms with Crippen LogP contribution in [0.3, 0.4) is 0 Å². The number of carbonyl (C=O) groups excluding carboxylic acids is 1. The highest BCUT2D eigenvalue weighted by Crippen LogP contribution is 2.66. The van der Waals surface area contributed by atoms with Gasteiger partial charge in [-0.05, 0) is 66.9 Å². The number of ether oxygens (including phenoxy) is 1. The van der Waals surface area contributed by atoms with Crippen molar-refractivity contribution >= 4 is 49.8 Å². The first-order chi connectivity index (χ1) is 19.9. The standard InChI is InChI=1S/C24H35ClN6O10P2/c1-22-3-12-4-23(2,7-22)9-24(5-12,8-22)30-21(34)28-17-14-18(29-20(25)27-17)31(10-26-14)19-16(33)15(32)13(41-19)6-40-43(38,39)11-42(35,36)37/h10,12-13,15-16,19,32-33H,3-9,11H2,1-2H3,(H,38,39)(H2,35,36,37)(H2,27,28,29,30,34)/t12?,13-,15?,16+,19-,22-,23+,24?/m1/s1. The van der Waals surface area contributed by atoms with E-state index in [2.05, 4.69) is 39.4 Å². The van der Waals surface area contributed by atoms with Crippen LogP contribution in [0, 0.1) is 16.7 Å². The van der Waals surface area contributed by atoms with Crippen molar-refractivity contribution in [3.05, 3.63) is 11.6 Å². The quantitative estimate of drug-likeness (QED) is 0.159. The van der Waals surface area contributed by atoms with Gasteiger partial charge in [0.1, 0.15) is 18.3 Å². The van der Waals surface area contributed by atoms with Gasteiger partial charge in [0.05, 0.1) is 12.9 Å². The Morgan fingerprint density at radius 2 is 1.79 bits per heavy atom. The van der Waals surface area contributed by atoms with Gasteiger partial charge in [-0.2, -0.15) is 9.97 Å². The molecule has 4 saturated carbocycles. The second-order valence-corrected chi connectivity index (χ2v) is 17.8. The van der Waals surface area contributed by atoms with Crippen molar-refractivity contribution in [2.24, 2.45) is 16.7 Å². The molecule has 5 aliphatic rings. The molecule has 1 aliphatic heterocycles. The van der Waals surface area contributed by atoms with Crippen LogP contribution in [-0.2, 0) is 18.4 Å². The zero-order chi connectivity index (χ0) is 31.2. The number of anilines is 1. The van der Waals surface area contributed by atoms with Crippen LogP contribution in [0.5, 0.6) is 0 Å². The number of urea groups is 1. The van der Waals surface area contributed by atoms with E-state index in [4.69, 9.17) is 30.6 Å². The average Bonchev–Trinajstić information content (AvgIpc) is 3.34. The van der Waals surface area contributed by atoms with E-state index in [1.165, 1.54) is 23.7 Å². The Morgan fingerprint density at radius 3 is 2.42 bits per heavy atom. The number of aliphatic hydroxyl groups is 2. The van der Waals surface area contributed by atoms with E-state index >= 15 is 0 Å². The molecule has 19 heteroatoms. The third-order valence-electron chi connectivity index (χ3n) is 9.05. The van der Waals surface area contributed by atoms with Crippen molar-refractivity contribution in [1.82, 2.24) is 24.8 Å². The summed E-state index contributed by atoms with van der Waals surface area (Å²) in [6.07, 6.45) is 1.64. The van der Waals surface area contributed by atoms with Crippen LogP contribution in [0.2, 0.25) is 5.28 Å². The van der Waals surface area contributed by atoms with Crippen molar-refractivity contribution in [2.45, 2.75) is 82.5 Å². The second-order valence-electron chi connectivity index (χ2n) is 13.4. The Bertz CT molecular complexity index is 1540. The van der Waals surface area contributed by atoms with Crippen molar-refractivity contribution in [3.8, 4) is 0 Å². The summed E-state index contributed by atoms with van der Waals surface area (Å²) < 4.78 is 34.8. The maximum atomic E-state index is 13.3. The van der Waals surface area contributed by atoms with Gasteiger partial charge in [-0.3, -0.25) is 19.0 Å². The molecule has 7 rings (SSSR count). The van der Waals surface area contributed by atoms with Gasteiger partial charge in [0.25, 0.3) is 0 Å². The number of hydrogen-bond donors (Lipinski definition) is 7. The lowest BCUT2D eigenvalue weighted by Gasteiger charge is -2.65. The number of rotatable bonds is 8. The second kappa shape index (κ2) is 10.4. The molecule has 0 spiro atoms. The molecule has 4 bridgehead atoms. The molecule has 2 aromatic rings. The van der Waals surface area contributed by atoms with E-state index in [0.717, 1.165) is 25.7 Å². The highest BCUT2D eigenvalue weighted by atomic mass is 35.5. The number of aromatic nitrogens is 4. The molecular weight excluding hydrogens is 630 g/mol. The van der Waals surface area contributed by atoms with E-state index < -0.39 is 58.3 Å². The summed E-state index contributed by atoms with van der Waals surface area (Å²) in [5, 5.41) is 27.0. The summed E-state index contributed by atoms with van der Waals surface area (Å²) in [4.78, 5) is 53.6. The van der Waals surface area contributed by atoms with E-state index in [1.807, 2.05) is 0 Å². The predicted octanol–water partition coefficient (Wildman–Crippen LogP) is 2.31. The van der Waals surface area contributed by atoms with Gasteiger partial charge in [-0.1, -0.05) is 13.8 Å². The third kappa shape index (κ3) is 6.24. The molecule has 3 heterocycles. The minimum atomic E-state index is -4.86. The van der Waals surface area contributed by atoms with Gasteiger partial charge in [0, 0.05) is 5.54 Å². The Hall–Kier alpha value is -1.71. The molecule has 2 aromatic heterocycles. The molecular formula is C24H35ClN6O10P2. The molecule has 0 radical (unpaired) electrons. The normalized spacial score (nSPS) is 38.4. The number of aliphatic hydroxyl groups excluding tert-OH is 2. The lowest BCUT2D eigenvalue weighted by molar-refractivity contribution is -0.113. The summed E-state index contributed by atoms with van der Waals surface area (Å²) in [7, 11) is -9.59. The first-order valence-corrected chi connectivity index (χ1v) is 17.8. The number of amides is 2. The zero-order valence-electron chi connectivity index (χ0n) is 23.5. The van der Waals surface area contributed by atoms with E-state index in [-0.39, 0.29) is 38.6 Å². The average molecular weight is 665 g/mol. The number of nitrogens with zero attached hydrogens (tertiary/aromatic N) is 4. The SMILES string of the molecule is C[C@]12CC3CC(NC(=O)Nc4nc(Cl)nc5c4ncn5[C@@H]4O[C@H](COP(=O)(O)CP(=O)(O)O)C(O)[C@@H]4O)(C1)C[C@@](C)(C3)C2. The van der Waals surface area contributed by atoms with Gasteiger partial charge in [0.2, 0.25) is 5.28 Å². The zero-order valence-corrected chi connectivity index (χ0v) is 26.0. The fourth-order valence-electron chi connectivity index (χ4n) is 8.69. The Balaban J connectivity index is 1.18. The van der Waals surface area contributed by atoms with Crippen LogP contribution in [0.4, 0.5) is 10.6 Å². The summed E-state index contributed by atoms with van der Waals surface area (Å²) in [5.41, 5.74) is 0.262. The Morgan fingerprint density at radius 1 is 1.12 bits per heavy atom. The van der Waals surface area contributed by atoms with Crippen LogP contribution < -0.4 is 10.6 Å². The summed E-state index contributed by atoms with van der Waals surface area (Å²) in [5.74, 6) is -0.819. The molecule has 4 aliphatic carbocycles. The number of hydrogen-bond acceptors (Lipinski definition) is 10. The first-order valence-electron chi connectivity index (χ1n) is 13.9. The summed E-state index contributed by atoms with van der Waals surface area (Å²) >= 11 is 6.20.